The van der Waals surface area contributed by atoms with Gasteiger partial charge in [0.05, 0.1) is 6.26 Å². The third kappa shape index (κ3) is 4.03. The number of anilines is 3. The van der Waals surface area contributed by atoms with Crippen LogP contribution >= 0.6 is 11.6 Å². The summed E-state index contributed by atoms with van der Waals surface area (Å²) in [5, 5.41) is 3.81. The SMILES string of the molecule is O=C(c1ccco1)N1CCN(c2ccnc(Nc3cccc(Cl)c3)n2)CC1. The molecule has 27 heavy (non-hydrogen) atoms. The summed E-state index contributed by atoms with van der Waals surface area (Å²) in [5.74, 6) is 1.62. The van der Waals surface area contributed by atoms with Gasteiger partial charge in [-0.1, -0.05) is 17.7 Å². The van der Waals surface area contributed by atoms with E-state index in [1.54, 1.807) is 23.2 Å². The molecule has 0 radical (unpaired) electrons. The van der Waals surface area contributed by atoms with Gasteiger partial charge in [-0.05, 0) is 36.4 Å². The molecule has 1 saturated heterocycles. The number of hydrogen-bond donors (Lipinski definition) is 1. The van der Waals surface area contributed by atoms with Crippen LogP contribution in [0, 0.1) is 0 Å². The number of amides is 1. The lowest BCUT2D eigenvalue weighted by Crippen LogP contribution is -2.49. The van der Waals surface area contributed by atoms with Crippen LogP contribution in [0.25, 0.3) is 0 Å². The summed E-state index contributed by atoms with van der Waals surface area (Å²) in [5.41, 5.74) is 0.827. The summed E-state index contributed by atoms with van der Waals surface area (Å²) in [6.07, 6.45) is 3.23. The van der Waals surface area contributed by atoms with Gasteiger partial charge in [-0.15, -0.1) is 0 Å². The van der Waals surface area contributed by atoms with E-state index in [1.807, 2.05) is 30.3 Å². The van der Waals surface area contributed by atoms with Crippen LogP contribution in [0.5, 0.6) is 0 Å². The molecule has 3 aromatic rings. The van der Waals surface area contributed by atoms with Gasteiger partial charge >= 0.3 is 0 Å². The molecule has 4 rings (SSSR count). The fraction of sp³-hybridized carbons (Fsp3) is 0.211. The topological polar surface area (TPSA) is 74.5 Å². The van der Waals surface area contributed by atoms with Gasteiger partial charge in [-0.25, -0.2) is 4.98 Å². The Kier molecular flexibility index (Phi) is 4.93. The molecule has 0 spiro atoms. The summed E-state index contributed by atoms with van der Waals surface area (Å²) < 4.78 is 5.20. The van der Waals surface area contributed by atoms with Gasteiger partial charge in [0.1, 0.15) is 5.82 Å². The van der Waals surface area contributed by atoms with Crippen LogP contribution in [0.15, 0.2) is 59.3 Å². The predicted octanol–water partition coefficient (Wildman–Crippen LogP) is 3.43. The second-order valence-corrected chi connectivity index (χ2v) is 6.57. The standard InChI is InChI=1S/C19H18ClN5O2/c20-14-3-1-4-15(13-14)22-19-21-7-6-17(23-19)24-8-10-25(11-9-24)18(26)16-5-2-12-27-16/h1-7,12-13H,8-11H2,(H,21,22,23). The third-order valence-corrected chi connectivity index (χ3v) is 4.58. The Morgan fingerprint density at radius 1 is 1.11 bits per heavy atom. The van der Waals surface area contributed by atoms with Gasteiger partial charge in [0.15, 0.2) is 5.76 Å². The van der Waals surface area contributed by atoms with Crippen LogP contribution in [0.3, 0.4) is 0 Å². The second kappa shape index (κ2) is 7.67. The Morgan fingerprint density at radius 3 is 2.70 bits per heavy atom. The van der Waals surface area contributed by atoms with E-state index in [0.717, 1.165) is 11.5 Å². The minimum atomic E-state index is -0.0781. The van der Waals surface area contributed by atoms with Crippen LogP contribution in [-0.4, -0.2) is 47.0 Å². The highest BCUT2D eigenvalue weighted by atomic mass is 35.5. The number of carbonyl (C=O) groups is 1. The van der Waals surface area contributed by atoms with Crippen molar-refractivity contribution in [3.63, 3.8) is 0 Å². The van der Waals surface area contributed by atoms with Gasteiger partial charge in [0.2, 0.25) is 5.95 Å². The molecule has 1 aliphatic heterocycles. The average Bonchev–Trinajstić information content (AvgIpc) is 3.23. The lowest BCUT2D eigenvalue weighted by molar-refractivity contribution is 0.0714. The molecule has 1 aliphatic rings. The van der Waals surface area contributed by atoms with Gasteiger partial charge in [0, 0.05) is 43.1 Å². The van der Waals surface area contributed by atoms with E-state index in [0.29, 0.717) is 42.9 Å². The zero-order valence-electron chi connectivity index (χ0n) is 14.5. The van der Waals surface area contributed by atoms with Crippen molar-refractivity contribution in [1.82, 2.24) is 14.9 Å². The minimum absolute atomic E-state index is 0.0781. The molecule has 0 aliphatic carbocycles. The molecule has 138 valence electrons. The first-order valence-electron chi connectivity index (χ1n) is 8.62. The Morgan fingerprint density at radius 2 is 1.96 bits per heavy atom. The summed E-state index contributed by atoms with van der Waals surface area (Å²) in [7, 11) is 0. The highest BCUT2D eigenvalue weighted by Crippen LogP contribution is 2.20. The van der Waals surface area contributed by atoms with Gasteiger partial charge in [0.25, 0.3) is 5.91 Å². The van der Waals surface area contributed by atoms with Crippen molar-refractivity contribution in [2.45, 2.75) is 0 Å². The molecule has 1 aromatic carbocycles. The number of benzene rings is 1. The van der Waals surface area contributed by atoms with E-state index in [4.69, 9.17) is 16.0 Å². The molecule has 3 heterocycles. The Hall–Kier alpha value is -3.06. The van der Waals surface area contributed by atoms with E-state index in [-0.39, 0.29) is 5.91 Å². The number of nitrogens with one attached hydrogen (secondary N) is 1. The van der Waals surface area contributed by atoms with E-state index >= 15 is 0 Å². The zero-order chi connectivity index (χ0) is 18.6. The average molecular weight is 384 g/mol. The molecule has 1 amide bonds. The number of furan rings is 1. The Labute approximate surface area is 161 Å². The smallest absolute Gasteiger partial charge is 0.289 e. The fourth-order valence-corrected chi connectivity index (χ4v) is 3.17. The second-order valence-electron chi connectivity index (χ2n) is 6.13. The van der Waals surface area contributed by atoms with Crippen molar-refractivity contribution in [2.75, 3.05) is 36.4 Å². The number of halogens is 1. The third-order valence-electron chi connectivity index (χ3n) is 4.34. The minimum Gasteiger partial charge on any atom is -0.459 e. The lowest BCUT2D eigenvalue weighted by atomic mass is 10.3. The largest absolute Gasteiger partial charge is 0.459 e. The van der Waals surface area contributed by atoms with Crippen molar-refractivity contribution in [2.24, 2.45) is 0 Å². The van der Waals surface area contributed by atoms with Crippen LogP contribution in [0.4, 0.5) is 17.5 Å². The normalized spacial score (nSPS) is 14.3. The number of hydrogen-bond acceptors (Lipinski definition) is 6. The molecule has 1 fully saturated rings. The van der Waals surface area contributed by atoms with Gasteiger partial charge in [-0.3, -0.25) is 4.79 Å². The van der Waals surface area contributed by atoms with Crippen LogP contribution < -0.4 is 10.2 Å². The molecular formula is C19H18ClN5O2. The molecule has 1 N–H and O–H groups in total. The monoisotopic (exact) mass is 383 g/mol. The number of aromatic nitrogens is 2. The fourth-order valence-electron chi connectivity index (χ4n) is 2.98. The summed E-state index contributed by atoms with van der Waals surface area (Å²) >= 11 is 6.01. The van der Waals surface area contributed by atoms with Crippen molar-refractivity contribution in [3.05, 3.63) is 65.7 Å². The van der Waals surface area contributed by atoms with Crippen LogP contribution in [0.1, 0.15) is 10.6 Å². The first kappa shape index (κ1) is 17.4. The Bertz CT molecular complexity index is 923. The van der Waals surface area contributed by atoms with E-state index in [2.05, 4.69) is 20.2 Å². The number of carbonyl (C=O) groups excluding carboxylic acids is 1. The molecular weight excluding hydrogens is 366 g/mol. The number of nitrogens with zero attached hydrogens (tertiary/aromatic N) is 4. The number of rotatable bonds is 4. The van der Waals surface area contributed by atoms with E-state index in [9.17, 15) is 4.79 Å². The van der Waals surface area contributed by atoms with Crippen molar-refractivity contribution in [1.29, 1.82) is 0 Å². The first-order chi connectivity index (χ1) is 13.2. The maximum atomic E-state index is 12.4. The number of piperazine rings is 1. The Balaban J connectivity index is 1.40. The van der Waals surface area contributed by atoms with Crippen LogP contribution in [-0.2, 0) is 0 Å². The van der Waals surface area contributed by atoms with Gasteiger partial charge < -0.3 is 19.5 Å². The van der Waals surface area contributed by atoms with Crippen LogP contribution in [0.2, 0.25) is 5.02 Å². The van der Waals surface area contributed by atoms with Crippen molar-refractivity contribution in [3.8, 4) is 0 Å². The molecule has 2 aromatic heterocycles. The van der Waals surface area contributed by atoms with Gasteiger partial charge in [-0.2, -0.15) is 4.98 Å². The highest BCUT2D eigenvalue weighted by molar-refractivity contribution is 6.30. The van der Waals surface area contributed by atoms with Crippen molar-refractivity contribution < 1.29 is 9.21 Å². The quantitative estimate of drug-likeness (QED) is 0.744. The highest BCUT2D eigenvalue weighted by Gasteiger charge is 2.24. The first-order valence-corrected chi connectivity index (χ1v) is 9.00. The molecule has 8 heteroatoms. The summed E-state index contributed by atoms with van der Waals surface area (Å²) in [4.78, 5) is 25.1. The molecule has 7 nitrogen and oxygen atoms in total. The molecule has 0 bridgehead atoms. The maximum absolute atomic E-state index is 12.4. The summed E-state index contributed by atoms with van der Waals surface area (Å²) in [6.45, 7) is 2.61. The maximum Gasteiger partial charge on any atom is 0.289 e. The zero-order valence-corrected chi connectivity index (χ0v) is 15.3. The molecule has 0 atom stereocenters. The summed E-state index contributed by atoms with van der Waals surface area (Å²) in [6, 6.07) is 12.7. The van der Waals surface area contributed by atoms with Crippen molar-refractivity contribution >= 4 is 35.0 Å². The predicted molar refractivity (Wildman–Crippen MR) is 104 cm³/mol. The molecule has 0 unspecified atom stereocenters. The van der Waals surface area contributed by atoms with E-state index in [1.165, 1.54) is 6.26 Å². The molecule has 0 saturated carbocycles. The van der Waals surface area contributed by atoms with E-state index < -0.39 is 0 Å². The lowest BCUT2D eigenvalue weighted by Gasteiger charge is -2.35.